The lowest BCUT2D eigenvalue weighted by Crippen LogP contribution is -2.27. The molecule has 0 fully saturated rings. The van der Waals surface area contributed by atoms with Gasteiger partial charge in [-0.1, -0.05) is 45.8 Å². The highest BCUT2D eigenvalue weighted by Crippen LogP contribution is 2.19. The molecular formula is C17H15BrN4S. The van der Waals surface area contributed by atoms with Gasteiger partial charge in [0.2, 0.25) is 0 Å². The third-order valence-corrected chi connectivity index (χ3v) is 4.00. The van der Waals surface area contributed by atoms with Gasteiger partial charge in [0.25, 0.3) is 0 Å². The predicted octanol–water partition coefficient (Wildman–Crippen LogP) is 4.56. The summed E-state index contributed by atoms with van der Waals surface area (Å²) in [6, 6.07) is 16.0. The largest absolute Gasteiger partial charge is 0.331 e. The minimum absolute atomic E-state index is 0.505. The van der Waals surface area contributed by atoms with Gasteiger partial charge in [0.15, 0.2) is 10.9 Å². The molecule has 0 aliphatic carbocycles. The molecule has 1 heterocycles. The van der Waals surface area contributed by atoms with E-state index in [4.69, 9.17) is 12.2 Å². The normalized spacial score (nSPS) is 10.3. The van der Waals surface area contributed by atoms with E-state index in [2.05, 4.69) is 38.6 Å². The summed E-state index contributed by atoms with van der Waals surface area (Å²) in [6.07, 6.45) is 3.57. The van der Waals surface area contributed by atoms with Gasteiger partial charge in [0.1, 0.15) is 0 Å². The van der Waals surface area contributed by atoms with E-state index in [0.717, 1.165) is 21.5 Å². The second kappa shape index (κ2) is 6.93. The van der Waals surface area contributed by atoms with Crippen molar-refractivity contribution in [1.29, 1.82) is 0 Å². The molecule has 1 aromatic heterocycles. The highest BCUT2D eigenvalue weighted by Gasteiger charge is 2.07. The number of thiocarbonyl (C=S) groups is 1. The van der Waals surface area contributed by atoms with Crippen molar-refractivity contribution in [1.82, 2.24) is 9.66 Å². The van der Waals surface area contributed by atoms with E-state index in [0.29, 0.717) is 5.11 Å². The van der Waals surface area contributed by atoms with Crippen molar-refractivity contribution >= 4 is 38.9 Å². The Morgan fingerprint density at radius 3 is 2.48 bits per heavy atom. The summed E-state index contributed by atoms with van der Waals surface area (Å²) in [7, 11) is 0. The zero-order valence-electron chi connectivity index (χ0n) is 12.5. The topological polar surface area (TPSA) is 41.9 Å². The van der Waals surface area contributed by atoms with Crippen LogP contribution in [0.4, 0.5) is 5.69 Å². The maximum absolute atomic E-state index is 5.37. The Morgan fingerprint density at radius 1 is 1.09 bits per heavy atom. The first-order chi connectivity index (χ1) is 11.1. The Morgan fingerprint density at radius 2 is 1.78 bits per heavy atom. The number of anilines is 1. The second-order valence-corrected chi connectivity index (χ2v) is 6.38. The second-order valence-electron chi connectivity index (χ2n) is 5.06. The number of halogens is 1. The van der Waals surface area contributed by atoms with Crippen LogP contribution in [0.5, 0.6) is 0 Å². The van der Waals surface area contributed by atoms with Crippen molar-refractivity contribution in [2.24, 2.45) is 0 Å². The molecule has 0 unspecified atom stereocenters. The van der Waals surface area contributed by atoms with Crippen molar-refractivity contribution in [2.75, 3.05) is 10.7 Å². The first-order valence-electron chi connectivity index (χ1n) is 7.06. The third kappa shape index (κ3) is 3.97. The molecule has 3 aromatic rings. The third-order valence-electron chi connectivity index (χ3n) is 3.27. The number of nitrogens with zero attached hydrogens (tertiary/aromatic N) is 2. The van der Waals surface area contributed by atoms with Crippen molar-refractivity contribution < 1.29 is 0 Å². The Bertz CT molecular complexity index is 809. The maximum atomic E-state index is 5.37. The predicted molar refractivity (Wildman–Crippen MR) is 102 cm³/mol. The minimum Gasteiger partial charge on any atom is -0.331 e. The summed E-state index contributed by atoms with van der Waals surface area (Å²) in [5, 5.41) is 3.66. The molecular weight excluding hydrogens is 372 g/mol. The van der Waals surface area contributed by atoms with Gasteiger partial charge in [0.05, 0.1) is 0 Å². The fourth-order valence-electron chi connectivity index (χ4n) is 2.11. The lowest BCUT2D eigenvalue weighted by molar-refractivity contribution is 0.988. The summed E-state index contributed by atoms with van der Waals surface area (Å²) in [4.78, 5) is 4.39. The van der Waals surface area contributed by atoms with Crippen LogP contribution >= 0.6 is 28.1 Å². The average molecular weight is 387 g/mol. The van der Waals surface area contributed by atoms with Crippen LogP contribution in [0.25, 0.3) is 11.4 Å². The van der Waals surface area contributed by atoms with Gasteiger partial charge in [0, 0.05) is 28.1 Å². The summed E-state index contributed by atoms with van der Waals surface area (Å²) in [6.45, 7) is 2.05. The number of aromatic nitrogens is 2. The van der Waals surface area contributed by atoms with E-state index in [1.165, 1.54) is 5.56 Å². The summed E-state index contributed by atoms with van der Waals surface area (Å²) >= 11 is 8.80. The maximum Gasteiger partial charge on any atom is 0.190 e. The molecule has 0 radical (unpaired) electrons. The average Bonchev–Trinajstić information content (AvgIpc) is 2.98. The Labute approximate surface area is 148 Å². The first-order valence-corrected chi connectivity index (χ1v) is 8.26. The Balaban J connectivity index is 1.73. The molecule has 0 aliphatic heterocycles. The van der Waals surface area contributed by atoms with Gasteiger partial charge in [-0.2, -0.15) is 0 Å². The molecule has 0 aliphatic rings. The molecule has 2 N–H and O–H groups in total. The first kappa shape index (κ1) is 15.7. The molecule has 0 bridgehead atoms. The van der Waals surface area contributed by atoms with Gasteiger partial charge in [-0.05, 0) is 43.4 Å². The fourth-order valence-corrected chi connectivity index (χ4v) is 2.59. The van der Waals surface area contributed by atoms with Crippen LogP contribution in [-0.2, 0) is 0 Å². The fraction of sp³-hybridized carbons (Fsp3) is 0.0588. The van der Waals surface area contributed by atoms with E-state index in [-0.39, 0.29) is 0 Å². The van der Waals surface area contributed by atoms with E-state index < -0.39 is 0 Å². The molecule has 2 aromatic carbocycles. The van der Waals surface area contributed by atoms with Gasteiger partial charge in [-0.15, -0.1) is 0 Å². The number of aryl methyl sites for hydroxylation is 1. The summed E-state index contributed by atoms with van der Waals surface area (Å²) in [5.41, 5.74) is 6.29. The van der Waals surface area contributed by atoms with Gasteiger partial charge >= 0.3 is 0 Å². The van der Waals surface area contributed by atoms with Gasteiger partial charge in [-0.25, -0.2) is 9.66 Å². The lowest BCUT2D eigenvalue weighted by Gasteiger charge is -2.13. The summed E-state index contributed by atoms with van der Waals surface area (Å²) < 4.78 is 2.83. The van der Waals surface area contributed by atoms with Crippen LogP contribution in [0.1, 0.15) is 5.56 Å². The zero-order chi connectivity index (χ0) is 16.2. The lowest BCUT2D eigenvalue weighted by atomic mass is 10.2. The van der Waals surface area contributed by atoms with Gasteiger partial charge in [-0.3, -0.25) is 5.43 Å². The van der Waals surface area contributed by atoms with Crippen LogP contribution in [0.2, 0.25) is 0 Å². The van der Waals surface area contributed by atoms with Crippen LogP contribution < -0.4 is 10.7 Å². The molecule has 0 atom stereocenters. The number of rotatable bonds is 3. The number of imidazole rings is 1. The van der Waals surface area contributed by atoms with Crippen molar-refractivity contribution in [3.05, 3.63) is 71.0 Å². The van der Waals surface area contributed by atoms with E-state index >= 15 is 0 Å². The van der Waals surface area contributed by atoms with Crippen molar-refractivity contribution in [3.8, 4) is 11.4 Å². The molecule has 116 valence electrons. The van der Waals surface area contributed by atoms with E-state index in [1.807, 2.05) is 54.7 Å². The van der Waals surface area contributed by atoms with Gasteiger partial charge < -0.3 is 5.32 Å². The van der Waals surface area contributed by atoms with Crippen molar-refractivity contribution in [3.63, 3.8) is 0 Å². The molecule has 4 nitrogen and oxygen atoms in total. The number of hydrogen-bond donors (Lipinski definition) is 2. The summed E-state index contributed by atoms with van der Waals surface area (Å²) in [5.74, 6) is 0.797. The number of benzene rings is 2. The SMILES string of the molecule is Cc1ccc(NC(=S)Nn2ccnc2-c2ccc(Br)cc2)cc1. The number of hydrogen-bond acceptors (Lipinski definition) is 2. The molecule has 6 heteroatoms. The molecule has 0 spiro atoms. The van der Waals surface area contributed by atoms with Crippen molar-refractivity contribution in [2.45, 2.75) is 6.92 Å². The monoisotopic (exact) mass is 386 g/mol. The molecule has 23 heavy (non-hydrogen) atoms. The van der Waals surface area contributed by atoms with Crippen LogP contribution in [0, 0.1) is 6.92 Å². The standard InChI is InChI=1S/C17H15BrN4S/c1-12-2-8-15(9-3-12)20-17(23)21-22-11-10-19-16(22)13-4-6-14(18)7-5-13/h2-11H,1H3,(H2,20,21,23). The highest BCUT2D eigenvalue weighted by atomic mass is 79.9. The molecule has 3 rings (SSSR count). The zero-order valence-corrected chi connectivity index (χ0v) is 14.9. The minimum atomic E-state index is 0.505. The molecule has 0 saturated heterocycles. The quantitative estimate of drug-likeness (QED) is 0.647. The van der Waals surface area contributed by atoms with Crippen LogP contribution in [-0.4, -0.2) is 14.8 Å². The number of nitrogens with one attached hydrogen (secondary N) is 2. The Kier molecular flexibility index (Phi) is 4.73. The van der Waals surface area contributed by atoms with E-state index in [1.54, 1.807) is 10.9 Å². The molecule has 0 saturated carbocycles. The highest BCUT2D eigenvalue weighted by molar-refractivity contribution is 9.10. The Hall–Kier alpha value is -2.18. The van der Waals surface area contributed by atoms with Crippen LogP contribution in [0.3, 0.4) is 0 Å². The van der Waals surface area contributed by atoms with E-state index in [9.17, 15) is 0 Å². The smallest absolute Gasteiger partial charge is 0.190 e. The van der Waals surface area contributed by atoms with Crippen LogP contribution in [0.15, 0.2) is 65.4 Å². The molecule has 0 amide bonds.